The van der Waals surface area contributed by atoms with E-state index in [1.54, 1.807) is 0 Å². The Hall–Kier alpha value is -0.660. The lowest BCUT2D eigenvalue weighted by Gasteiger charge is -2.36. The summed E-state index contributed by atoms with van der Waals surface area (Å²) in [4.78, 5) is 10.7. The van der Waals surface area contributed by atoms with Gasteiger partial charge in [0.05, 0.1) is 5.92 Å². The maximum absolute atomic E-state index is 12.1. The largest absolute Gasteiger partial charge is 0.481 e. The molecule has 2 N–H and O–H groups in total. The molecule has 110 valence electrons. The average molecular weight is 290 g/mol. The van der Waals surface area contributed by atoms with Crippen molar-refractivity contribution in [3.05, 3.63) is 0 Å². The molecule has 0 aromatic rings. The van der Waals surface area contributed by atoms with Crippen LogP contribution in [0.1, 0.15) is 39.0 Å². The van der Waals surface area contributed by atoms with Crippen LogP contribution in [0, 0.1) is 11.8 Å². The summed E-state index contributed by atoms with van der Waals surface area (Å²) in [6.45, 7) is 3.28. The van der Waals surface area contributed by atoms with Crippen LogP contribution in [0.3, 0.4) is 0 Å². The maximum atomic E-state index is 12.1. The third-order valence-corrected chi connectivity index (χ3v) is 5.97. The number of nitrogens with zero attached hydrogens (tertiary/aromatic N) is 1. The van der Waals surface area contributed by atoms with E-state index >= 15 is 0 Å². The Labute approximate surface area is 114 Å². The zero-order valence-electron chi connectivity index (χ0n) is 11.2. The van der Waals surface area contributed by atoms with Crippen LogP contribution in [0.5, 0.6) is 0 Å². The molecule has 0 radical (unpaired) electrons. The van der Waals surface area contributed by atoms with E-state index in [4.69, 9.17) is 5.11 Å². The van der Waals surface area contributed by atoms with Crippen molar-refractivity contribution < 1.29 is 18.3 Å². The molecule has 1 saturated heterocycles. The van der Waals surface area contributed by atoms with Crippen molar-refractivity contribution in [2.24, 2.45) is 11.8 Å². The normalized spacial score (nSPS) is 29.9. The molecule has 2 rings (SSSR count). The summed E-state index contributed by atoms with van der Waals surface area (Å²) in [6.07, 6.45) is 3.74. The Balaban J connectivity index is 1.82. The van der Waals surface area contributed by atoms with Gasteiger partial charge in [0.25, 0.3) is 10.2 Å². The number of piperidine rings is 1. The molecule has 7 heteroatoms. The first-order valence-electron chi connectivity index (χ1n) is 6.92. The fourth-order valence-electron chi connectivity index (χ4n) is 2.76. The van der Waals surface area contributed by atoms with Gasteiger partial charge in [0.1, 0.15) is 0 Å². The molecule has 1 saturated carbocycles. The van der Waals surface area contributed by atoms with Gasteiger partial charge in [0.15, 0.2) is 0 Å². The molecule has 6 nitrogen and oxygen atoms in total. The van der Waals surface area contributed by atoms with Gasteiger partial charge in [-0.15, -0.1) is 0 Å². The minimum Gasteiger partial charge on any atom is -0.481 e. The molecule has 0 amide bonds. The van der Waals surface area contributed by atoms with Crippen LogP contribution >= 0.6 is 0 Å². The summed E-state index contributed by atoms with van der Waals surface area (Å²) in [5.74, 6) is -0.593. The van der Waals surface area contributed by atoms with Crippen LogP contribution in [0.4, 0.5) is 0 Å². The molecule has 2 aliphatic rings. The predicted molar refractivity (Wildman–Crippen MR) is 70.8 cm³/mol. The third-order valence-electron chi connectivity index (χ3n) is 4.29. The SMILES string of the molecule is CCC1CCN(S(=O)(=O)NC2CC(C(=O)O)C2)CC1. The molecule has 0 bridgehead atoms. The van der Waals surface area contributed by atoms with E-state index in [0.717, 1.165) is 19.3 Å². The highest BCUT2D eigenvalue weighted by atomic mass is 32.2. The second-order valence-corrected chi connectivity index (χ2v) is 7.28. The highest BCUT2D eigenvalue weighted by Gasteiger charge is 2.38. The number of hydrogen-bond donors (Lipinski definition) is 2. The molecule has 1 aliphatic carbocycles. The van der Waals surface area contributed by atoms with Crippen molar-refractivity contribution in [3.8, 4) is 0 Å². The Morgan fingerprint density at radius 1 is 1.32 bits per heavy atom. The van der Waals surface area contributed by atoms with Crippen molar-refractivity contribution in [1.82, 2.24) is 9.03 Å². The van der Waals surface area contributed by atoms with Gasteiger partial charge in [-0.2, -0.15) is 17.4 Å². The number of hydrogen-bond acceptors (Lipinski definition) is 3. The van der Waals surface area contributed by atoms with Gasteiger partial charge in [-0.1, -0.05) is 13.3 Å². The lowest BCUT2D eigenvalue weighted by Crippen LogP contribution is -2.52. The number of carboxylic acid groups (broad SMARTS) is 1. The lowest BCUT2D eigenvalue weighted by molar-refractivity contribution is -0.145. The van der Waals surface area contributed by atoms with Gasteiger partial charge in [-0.3, -0.25) is 4.79 Å². The Morgan fingerprint density at radius 3 is 2.37 bits per heavy atom. The number of carboxylic acids is 1. The summed E-state index contributed by atoms with van der Waals surface area (Å²) in [6, 6.07) is -0.213. The Morgan fingerprint density at radius 2 is 1.89 bits per heavy atom. The van der Waals surface area contributed by atoms with Crippen LogP contribution in [0.25, 0.3) is 0 Å². The van der Waals surface area contributed by atoms with E-state index in [1.165, 1.54) is 4.31 Å². The monoisotopic (exact) mass is 290 g/mol. The van der Waals surface area contributed by atoms with Gasteiger partial charge in [-0.25, -0.2) is 0 Å². The summed E-state index contributed by atoms with van der Waals surface area (Å²) in [7, 11) is -3.43. The van der Waals surface area contributed by atoms with E-state index in [-0.39, 0.29) is 6.04 Å². The Kier molecular flexibility index (Phi) is 4.47. The molecule has 0 spiro atoms. The van der Waals surface area contributed by atoms with E-state index in [0.29, 0.717) is 31.8 Å². The molecule has 0 aromatic carbocycles. The minimum absolute atomic E-state index is 0.213. The molecule has 0 atom stereocenters. The van der Waals surface area contributed by atoms with Gasteiger partial charge < -0.3 is 5.11 Å². The van der Waals surface area contributed by atoms with E-state index in [1.807, 2.05) is 0 Å². The molecule has 19 heavy (non-hydrogen) atoms. The van der Waals surface area contributed by atoms with Crippen molar-refractivity contribution in [3.63, 3.8) is 0 Å². The van der Waals surface area contributed by atoms with Crippen LogP contribution in [-0.2, 0) is 15.0 Å². The number of carbonyl (C=O) groups is 1. The maximum Gasteiger partial charge on any atom is 0.306 e. The highest BCUT2D eigenvalue weighted by molar-refractivity contribution is 7.87. The summed E-state index contributed by atoms with van der Waals surface area (Å²) >= 11 is 0. The third kappa shape index (κ3) is 3.46. The second kappa shape index (κ2) is 5.76. The van der Waals surface area contributed by atoms with Crippen LogP contribution in [0.15, 0.2) is 0 Å². The number of rotatable bonds is 5. The summed E-state index contributed by atoms with van der Waals surface area (Å²) in [5, 5.41) is 8.77. The zero-order valence-corrected chi connectivity index (χ0v) is 12.0. The van der Waals surface area contributed by atoms with Crippen LogP contribution < -0.4 is 4.72 Å². The fourth-order valence-corrected chi connectivity index (χ4v) is 4.21. The summed E-state index contributed by atoms with van der Waals surface area (Å²) < 4.78 is 28.4. The van der Waals surface area contributed by atoms with E-state index in [9.17, 15) is 13.2 Å². The number of aliphatic carboxylic acids is 1. The fraction of sp³-hybridized carbons (Fsp3) is 0.917. The summed E-state index contributed by atoms with van der Waals surface area (Å²) in [5.41, 5.74) is 0. The number of nitrogens with one attached hydrogen (secondary N) is 1. The topological polar surface area (TPSA) is 86.7 Å². The quantitative estimate of drug-likeness (QED) is 0.784. The molecule has 1 heterocycles. The van der Waals surface area contributed by atoms with Crippen molar-refractivity contribution in [2.45, 2.75) is 45.1 Å². The van der Waals surface area contributed by atoms with Gasteiger partial charge >= 0.3 is 5.97 Å². The van der Waals surface area contributed by atoms with Crippen molar-refractivity contribution >= 4 is 16.2 Å². The highest BCUT2D eigenvalue weighted by Crippen LogP contribution is 2.29. The van der Waals surface area contributed by atoms with Crippen molar-refractivity contribution in [2.75, 3.05) is 13.1 Å². The molecule has 2 fully saturated rings. The minimum atomic E-state index is -3.43. The van der Waals surface area contributed by atoms with E-state index < -0.39 is 22.1 Å². The first-order valence-corrected chi connectivity index (χ1v) is 8.36. The molecular formula is C12H22N2O4S. The molecular weight excluding hydrogens is 268 g/mol. The van der Waals surface area contributed by atoms with Crippen molar-refractivity contribution in [1.29, 1.82) is 0 Å². The van der Waals surface area contributed by atoms with Crippen LogP contribution in [0.2, 0.25) is 0 Å². The first-order chi connectivity index (χ1) is 8.92. The first kappa shape index (κ1) is 14.7. The Bertz CT molecular complexity index is 423. The average Bonchev–Trinajstić information content (AvgIpc) is 2.33. The van der Waals surface area contributed by atoms with Gasteiger partial charge in [0, 0.05) is 19.1 Å². The predicted octanol–water partition coefficient (Wildman–Crippen LogP) is 0.806. The van der Waals surface area contributed by atoms with Gasteiger partial charge in [-0.05, 0) is 31.6 Å². The smallest absolute Gasteiger partial charge is 0.306 e. The molecule has 0 unspecified atom stereocenters. The van der Waals surface area contributed by atoms with Gasteiger partial charge in [0.2, 0.25) is 0 Å². The molecule has 1 aliphatic heterocycles. The van der Waals surface area contributed by atoms with Crippen LogP contribution in [-0.4, -0.2) is 42.9 Å². The lowest BCUT2D eigenvalue weighted by atomic mass is 9.81. The molecule has 0 aromatic heterocycles. The van der Waals surface area contributed by atoms with E-state index in [2.05, 4.69) is 11.6 Å². The second-order valence-electron chi connectivity index (χ2n) is 5.58. The zero-order chi connectivity index (χ0) is 14.0. The standard InChI is InChI=1S/C12H22N2O4S/c1-2-9-3-5-14(6-4-9)19(17,18)13-11-7-10(8-11)12(15)16/h9-11,13H,2-8H2,1H3,(H,15,16).